The molecule has 2 saturated heterocycles. The summed E-state index contributed by atoms with van der Waals surface area (Å²) in [5.41, 5.74) is 1.71. The number of piperidine rings is 1. The first-order valence-corrected chi connectivity index (χ1v) is 15.1. The van der Waals surface area contributed by atoms with E-state index in [-0.39, 0.29) is 36.0 Å². The fourth-order valence-electron chi connectivity index (χ4n) is 5.95. The molecule has 2 aliphatic heterocycles. The topological polar surface area (TPSA) is 105 Å². The predicted octanol–water partition coefficient (Wildman–Crippen LogP) is 4.33. The van der Waals surface area contributed by atoms with Gasteiger partial charge in [-0.3, -0.25) is 9.59 Å². The second-order valence-corrected chi connectivity index (χ2v) is 12.6. The molecule has 0 spiro atoms. The standard InChI is InChI=1S/C32H43N5O5/c1-32(2,3)42-31(40)35-16-13-26(14-17-35)37(25-11-12-25)30(39)24-19-33-29(34-20-24)23-9-7-22(8-10-23)18-28(38)36-15-5-6-27(36)21-41-4/h7-10,19-20,25-27H,5-6,11-18,21H2,1-4H3/t27-/m1/s1. The Morgan fingerprint density at radius 3 is 2.17 bits per heavy atom. The predicted molar refractivity (Wildman–Crippen MR) is 158 cm³/mol. The fraction of sp³-hybridized carbons (Fsp3) is 0.594. The van der Waals surface area contributed by atoms with Crippen LogP contribution in [0.3, 0.4) is 0 Å². The van der Waals surface area contributed by atoms with Crippen LogP contribution >= 0.6 is 0 Å². The molecule has 42 heavy (non-hydrogen) atoms. The summed E-state index contributed by atoms with van der Waals surface area (Å²) >= 11 is 0. The highest BCUT2D eigenvalue weighted by atomic mass is 16.6. The SMILES string of the molecule is COC[C@H]1CCCN1C(=O)Cc1ccc(-c2ncc(C(=O)N(C3CC3)C3CCN(C(=O)OC(C)(C)C)CC3)cn2)cc1. The van der Waals surface area contributed by atoms with E-state index in [1.807, 2.05) is 54.8 Å². The first kappa shape index (κ1) is 29.9. The zero-order chi connectivity index (χ0) is 29.9. The van der Waals surface area contributed by atoms with E-state index in [0.717, 1.165) is 56.2 Å². The lowest BCUT2D eigenvalue weighted by molar-refractivity contribution is -0.132. The molecule has 226 valence electrons. The van der Waals surface area contributed by atoms with Gasteiger partial charge in [-0.2, -0.15) is 0 Å². The molecule has 2 aromatic rings. The number of hydrogen-bond acceptors (Lipinski definition) is 7. The Hall–Kier alpha value is -3.53. The van der Waals surface area contributed by atoms with E-state index >= 15 is 0 Å². The van der Waals surface area contributed by atoms with Crippen molar-refractivity contribution >= 4 is 17.9 Å². The quantitative estimate of drug-likeness (QED) is 0.460. The molecule has 1 aliphatic carbocycles. The highest BCUT2D eigenvalue weighted by Gasteiger charge is 2.40. The number of ether oxygens (including phenoxy) is 2. The molecule has 1 aromatic heterocycles. The second kappa shape index (κ2) is 12.8. The monoisotopic (exact) mass is 577 g/mol. The summed E-state index contributed by atoms with van der Waals surface area (Å²) in [7, 11) is 1.67. The molecule has 0 radical (unpaired) electrons. The van der Waals surface area contributed by atoms with E-state index < -0.39 is 5.60 Å². The van der Waals surface area contributed by atoms with Crippen LogP contribution in [0.25, 0.3) is 11.4 Å². The van der Waals surface area contributed by atoms with E-state index in [1.165, 1.54) is 0 Å². The van der Waals surface area contributed by atoms with Gasteiger partial charge in [-0.25, -0.2) is 14.8 Å². The molecule has 5 rings (SSSR count). The van der Waals surface area contributed by atoms with E-state index in [0.29, 0.717) is 37.5 Å². The third-order valence-electron chi connectivity index (χ3n) is 8.21. The van der Waals surface area contributed by atoms with Crippen LogP contribution in [0.5, 0.6) is 0 Å². The van der Waals surface area contributed by atoms with Gasteiger partial charge < -0.3 is 24.2 Å². The van der Waals surface area contributed by atoms with E-state index in [4.69, 9.17) is 9.47 Å². The summed E-state index contributed by atoms with van der Waals surface area (Å²) in [6.45, 7) is 8.09. The number of nitrogens with zero attached hydrogens (tertiary/aromatic N) is 5. The highest BCUT2D eigenvalue weighted by molar-refractivity contribution is 5.94. The number of carbonyl (C=O) groups excluding carboxylic acids is 3. The number of benzene rings is 1. The smallest absolute Gasteiger partial charge is 0.410 e. The van der Waals surface area contributed by atoms with Crippen molar-refractivity contribution in [3.05, 3.63) is 47.8 Å². The molecule has 0 bridgehead atoms. The normalized spacial score (nSPS) is 19.6. The van der Waals surface area contributed by atoms with Crippen molar-refractivity contribution in [2.24, 2.45) is 0 Å². The lowest BCUT2D eigenvalue weighted by Gasteiger charge is -2.39. The number of likely N-dealkylation sites (tertiary alicyclic amines) is 2. The molecule has 10 heteroatoms. The van der Waals surface area contributed by atoms with Crippen LogP contribution in [0, 0.1) is 0 Å². The van der Waals surface area contributed by atoms with Crippen molar-refractivity contribution in [2.45, 2.75) is 89.4 Å². The van der Waals surface area contributed by atoms with Crippen LogP contribution in [0.1, 0.15) is 75.2 Å². The number of rotatable bonds is 8. The zero-order valence-corrected chi connectivity index (χ0v) is 25.3. The van der Waals surface area contributed by atoms with Gasteiger partial charge in [0.1, 0.15) is 5.60 Å². The Morgan fingerprint density at radius 1 is 0.929 bits per heavy atom. The molecule has 1 atom stereocenters. The summed E-state index contributed by atoms with van der Waals surface area (Å²) in [6, 6.07) is 8.19. The van der Waals surface area contributed by atoms with Crippen LogP contribution in [0.2, 0.25) is 0 Å². The van der Waals surface area contributed by atoms with Crippen LogP contribution in [-0.2, 0) is 20.7 Å². The Morgan fingerprint density at radius 2 is 1.57 bits per heavy atom. The zero-order valence-electron chi connectivity index (χ0n) is 25.3. The van der Waals surface area contributed by atoms with Gasteiger partial charge in [0.25, 0.3) is 5.91 Å². The molecule has 0 unspecified atom stereocenters. The van der Waals surface area contributed by atoms with Crippen molar-refractivity contribution in [2.75, 3.05) is 33.4 Å². The van der Waals surface area contributed by atoms with Gasteiger partial charge in [-0.15, -0.1) is 0 Å². The number of aromatic nitrogens is 2. The molecule has 3 amide bonds. The van der Waals surface area contributed by atoms with E-state index in [1.54, 1.807) is 24.4 Å². The van der Waals surface area contributed by atoms with Crippen molar-refractivity contribution in [1.82, 2.24) is 24.7 Å². The Kier molecular flexibility index (Phi) is 9.11. The molecule has 3 fully saturated rings. The van der Waals surface area contributed by atoms with Crippen LogP contribution in [0.15, 0.2) is 36.7 Å². The summed E-state index contributed by atoms with van der Waals surface area (Å²) in [4.78, 5) is 53.6. The molecule has 0 N–H and O–H groups in total. The van der Waals surface area contributed by atoms with Gasteiger partial charge in [0, 0.05) is 56.8 Å². The summed E-state index contributed by atoms with van der Waals surface area (Å²) in [6.07, 6.45) is 8.71. The van der Waals surface area contributed by atoms with Gasteiger partial charge >= 0.3 is 6.09 Å². The summed E-state index contributed by atoms with van der Waals surface area (Å²) in [5.74, 6) is 0.604. The summed E-state index contributed by atoms with van der Waals surface area (Å²) in [5, 5.41) is 0. The third-order valence-corrected chi connectivity index (χ3v) is 8.21. The first-order chi connectivity index (χ1) is 20.1. The van der Waals surface area contributed by atoms with Crippen molar-refractivity contribution < 1.29 is 23.9 Å². The van der Waals surface area contributed by atoms with Gasteiger partial charge in [-0.05, 0) is 64.9 Å². The Labute approximate surface area is 248 Å². The third kappa shape index (κ3) is 7.27. The Balaban J connectivity index is 1.18. The molecule has 1 aromatic carbocycles. The van der Waals surface area contributed by atoms with Gasteiger partial charge in [0.05, 0.1) is 24.6 Å². The summed E-state index contributed by atoms with van der Waals surface area (Å²) < 4.78 is 10.8. The minimum atomic E-state index is -0.529. The first-order valence-electron chi connectivity index (χ1n) is 15.1. The fourth-order valence-corrected chi connectivity index (χ4v) is 5.95. The molecular formula is C32H43N5O5. The van der Waals surface area contributed by atoms with Gasteiger partial charge in [0.15, 0.2) is 5.82 Å². The molecule has 10 nitrogen and oxygen atoms in total. The maximum Gasteiger partial charge on any atom is 0.410 e. The number of methoxy groups -OCH3 is 1. The van der Waals surface area contributed by atoms with E-state index in [2.05, 4.69) is 9.97 Å². The molecule has 3 heterocycles. The number of amides is 3. The number of carbonyl (C=O) groups is 3. The van der Waals surface area contributed by atoms with Crippen molar-refractivity contribution in [1.29, 1.82) is 0 Å². The maximum absolute atomic E-state index is 13.6. The maximum atomic E-state index is 13.6. The average Bonchev–Trinajstić information content (AvgIpc) is 3.69. The minimum absolute atomic E-state index is 0.0534. The Bertz CT molecular complexity index is 1250. The largest absolute Gasteiger partial charge is 0.444 e. The van der Waals surface area contributed by atoms with E-state index in [9.17, 15) is 14.4 Å². The number of hydrogen-bond donors (Lipinski definition) is 0. The molecule has 3 aliphatic rings. The average molecular weight is 578 g/mol. The van der Waals surface area contributed by atoms with Crippen molar-refractivity contribution in [3.63, 3.8) is 0 Å². The molecule has 1 saturated carbocycles. The van der Waals surface area contributed by atoms with Crippen LogP contribution in [0.4, 0.5) is 4.79 Å². The van der Waals surface area contributed by atoms with Gasteiger partial charge in [0.2, 0.25) is 5.91 Å². The second-order valence-electron chi connectivity index (χ2n) is 12.6. The lowest BCUT2D eigenvalue weighted by atomic mass is 10.0. The van der Waals surface area contributed by atoms with Crippen LogP contribution in [-0.4, -0.2) is 99.7 Å². The molecular weight excluding hydrogens is 534 g/mol. The van der Waals surface area contributed by atoms with Gasteiger partial charge in [-0.1, -0.05) is 24.3 Å². The highest BCUT2D eigenvalue weighted by Crippen LogP contribution is 2.33. The van der Waals surface area contributed by atoms with Crippen LogP contribution < -0.4 is 0 Å². The lowest BCUT2D eigenvalue weighted by Crippen LogP contribution is -2.50. The van der Waals surface area contributed by atoms with Crippen molar-refractivity contribution in [3.8, 4) is 11.4 Å². The minimum Gasteiger partial charge on any atom is -0.444 e.